The average Bonchev–Trinajstić information content (AvgIpc) is 2.65. The van der Waals surface area contributed by atoms with Gasteiger partial charge < -0.3 is 0 Å². The number of fused-ring (bicyclic) bond motifs is 1. The Bertz CT molecular complexity index is 770. The number of benzene rings is 2. The molecule has 1 aliphatic carbocycles. The molecule has 0 heterocycles. The molecular formula is C19H21ClN2O2S. The van der Waals surface area contributed by atoms with Crippen LogP contribution in [0.3, 0.4) is 0 Å². The van der Waals surface area contributed by atoms with Gasteiger partial charge in [-0.25, -0.2) is 0 Å². The van der Waals surface area contributed by atoms with Crippen LogP contribution in [0.5, 0.6) is 0 Å². The van der Waals surface area contributed by atoms with Gasteiger partial charge in [-0.2, -0.15) is 0 Å². The molecule has 2 aromatic carbocycles. The van der Waals surface area contributed by atoms with Crippen LogP contribution in [0.4, 0.5) is 0 Å². The van der Waals surface area contributed by atoms with E-state index < -0.39 is 0 Å². The largest absolute Gasteiger partial charge is 0.273 e. The SMILES string of the molecule is O=C(CSc1cccc2cccc(Cl)c12)NNC(=O)C1CCCCC1. The minimum absolute atomic E-state index is 0.0265. The fourth-order valence-electron chi connectivity index (χ4n) is 3.16. The van der Waals surface area contributed by atoms with Gasteiger partial charge in [-0.3, -0.25) is 20.4 Å². The predicted octanol–water partition coefficient (Wildman–Crippen LogP) is 4.31. The molecule has 25 heavy (non-hydrogen) atoms. The van der Waals surface area contributed by atoms with Crippen LogP contribution in [0.15, 0.2) is 41.3 Å². The second-order valence-electron chi connectivity index (χ2n) is 6.26. The highest BCUT2D eigenvalue weighted by Crippen LogP contribution is 2.33. The van der Waals surface area contributed by atoms with E-state index in [9.17, 15) is 9.59 Å². The lowest BCUT2D eigenvalue weighted by atomic mass is 9.89. The zero-order valence-electron chi connectivity index (χ0n) is 13.9. The van der Waals surface area contributed by atoms with Gasteiger partial charge in [-0.1, -0.05) is 55.1 Å². The first-order valence-electron chi connectivity index (χ1n) is 8.54. The standard InChI is InChI=1S/C19H21ClN2O2S/c20-15-10-4-8-13-9-5-11-16(18(13)15)25-12-17(23)21-22-19(24)14-6-2-1-3-7-14/h4-5,8-11,14H,1-3,6-7,12H2,(H,21,23)(H,22,24). The van der Waals surface area contributed by atoms with Crippen molar-refractivity contribution in [3.63, 3.8) is 0 Å². The molecule has 2 N–H and O–H groups in total. The van der Waals surface area contributed by atoms with Crippen LogP contribution in [-0.4, -0.2) is 17.6 Å². The number of hydrogen-bond acceptors (Lipinski definition) is 3. The lowest BCUT2D eigenvalue weighted by Crippen LogP contribution is -2.45. The summed E-state index contributed by atoms with van der Waals surface area (Å²) in [5.41, 5.74) is 5.08. The van der Waals surface area contributed by atoms with Crippen molar-refractivity contribution in [2.75, 3.05) is 5.75 Å². The molecule has 0 aliphatic heterocycles. The Morgan fingerprint density at radius 1 is 1.04 bits per heavy atom. The molecule has 2 amide bonds. The van der Waals surface area contributed by atoms with Gasteiger partial charge in [0.05, 0.1) is 5.75 Å². The Balaban J connectivity index is 1.53. The third kappa shape index (κ3) is 4.67. The van der Waals surface area contributed by atoms with Gasteiger partial charge >= 0.3 is 0 Å². The van der Waals surface area contributed by atoms with Crippen LogP contribution in [-0.2, 0) is 9.59 Å². The third-order valence-electron chi connectivity index (χ3n) is 4.48. The molecule has 3 rings (SSSR count). The molecule has 0 saturated heterocycles. The van der Waals surface area contributed by atoms with E-state index in [1.165, 1.54) is 18.2 Å². The average molecular weight is 377 g/mol. The first kappa shape index (κ1) is 18.1. The third-order valence-corrected chi connectivity index (χ3v) is 5.85. The maximum Gasteiger partial charge on any atom is 0.248 e. The Morgan fingerprint density at radius 3 is 2.52 bits per heavy atom. The van der Waals surface area contributed by atoms with Gasteiger partial charge in [0, 0.05) is 21.2 Å². The van der Waals surface area contributed by atoms with Crippen molar-refractivity contribution in [1.29, 1.82) is 0 Å². The van der Waals surface area contributed by atoms with Crippen LogP contribution in [0.25, 0.3) is 10.8 Å². The van der Waals surface area contributed by atoms with Crippen molar-refractivity contribution >= 4 is 45.9 Å². The summed E-state index contributed by atoms with van der Waals surface area (Å²) < 4.78 is 0. The maximum atomic E-state index is 12.0. The molecule has 1 fully saturated rings. The number of nitrogens with one attached hydrogen (secondary N) is 2. The second kappa shape index (κ2) is 8.59. The summed E-state index contributed by atoms with van der Waals surface area (Å²) >= 11 is 7.71. The quantitative estimate of drug-likeness (QED) is 0.617. The number of carbonyl (C=O) groups is 2. The van der Waals surface area contributed by atoms with E-state index >= 15 is 0 Å². The summed E-state index contributed by atoms with van der Waals surface area (Å²) in [4.78, 5) is 25.0. The van der Waals surface area contributed by atoms with E-state index in [1.54, 1.807) is 0 Å². The number of carbonyl (C=O) groups excluding carboxylic acids is 2. The molecule has 4 nitrogen and oxygen atoms in total. The lowest BCUT2D eigenvalue weighted by Gasteiger charge is -2.20. The Hall–Kier alpha value is -1.72. The van der Waals surface area contributed by atoms with Crippen molar-refractivity contribution in [2.45, 2.75) is 37.0 Å². The number of thioether (sulfide) groups is 1. The Labute approximate surface area is 156 Å². The summed E-state index contributed by atoms with van der Waals surface area (Å²) in [5, 5.41) is 2.67. The van der Waals surface area contributed by atoms with Crippen molar-refractivity contribution < 1.29 is 9.59 Å². The number of hydrazine groups is 1. The van der Waals surface area contributed by atoms with Crippen LogP contribution < -0.4 is 10.9 Å². The molecule has 0 unspecified atom stereocenters. The molecule has 132 valence electrons. The van der Waals surface area contributed by atoms with E-state index in [0.717, 1.165) is 41.4 Å². The zero-order chi connectivity index (χ0) is 17.6. The smallest absolute Gasteiger partial charge is 0.248 e. The van der Waals surface area contributed by atoms with Gasteiger partial charge in [0.1, 0.15) is 0 Å². The molecule has 1 aliphatic rings. The summed E-state index contributed by atoms with van der Waals surface area (Å²) in [5.74, 6) is -0.0574. The molecule has 0 bridgehead atoms. The highest BCUT2D eigenvalue weighted by molar-refractivity contribution is 8.00. The minimum atomic E-state index is -0.224. The van der Waals surface area contributed by atoms with Crippen molar-refractivity contribution in [3.8, 4) is 0 Å². The van der Waals surface area contributed by atoms with Gasteiger partial charge in [0.15, 0.2) is 0 Å². The fourth-order valence-corrected chi connectivity index (χ4v) is 4.41. The highest BCUT2D eigenvalue weighted by atomic mass is 35.5. The van der Waals surface area contributed by atoms with Crippen molar-refractivity contribution in [2.24, 2.45) is 5.92 Å². The number of amides is 2. The van der Waals surface area contributed by atoms with Crippen LogP contribution >= 0.6 is 23.4 Å². The van der Waals surface area contributed by atoms with Crippen LogP contribution in [0.2, 0.25) is 5.02 Å². The molecule has 1 saturated carbocycles. The topological polar surface area (TPSA) is 58.2 Å². The van der Waals surface area contributed by atoms with E-state index in [4.69, 9.17) is 11.6 Å². The Kier molecular flexibility index (Phi) is 6.21. The number of halogens is 1. The van der Waals surface area contributed by atoms with Crippen molar-refractivity contribution in [3.05, 3.63) is 41.4 Å². The minimum Gasteiger partial charge on any atom is -0.273 e. The molecular weight excluding hydrogens is 356 g/mol. The predicted molar refractivity (Wildman–Crippen MR) is 103 cm³/mol. The van der Waals surface area contributed by atoms with Crippen LogP contribution in [0, 0.1) is 5.92 Å². The van der Waals surface area contributed by atoms with E-state index in [0.29, 0.717) is 5.02 Å². The second-order valence-corrected chi connectivity index (χ2v) is 7.68. The monoisotopic (exact) mass is 376 g/mol. The summed E-state index contributed by atoms with van der Waals surface area (Å²) in [6, 6.07) is 11.6. The molecule has 6 heteroatoms. The molecule has 0 spiro atoms. The molecule has 0 radical (unpaired) electrons. The van der Waals surface area contributed by atoms with E-state index in [2.05, 4.69) is 10.9 Å². The first-order valence-corrected chi connectivity index (χ1v) is 9.90. The molecule has 2 aromatic rings. The van der Waals surface area contributed by atoms with E-state index in [-0.39, 0.29) is 23.5 Å². The maximum absolute atomic E-state index is 12.0. The molecule has 0 aromatic heterocycles. The lowest BCUT2D eigenvalue weighted by molar-refractivity contribution is -0.131. The fraction of sp³-hybridized carbons (Fsp3) is 0.368. The normalized spacial score (nSPS) is 15.1. The summed E-state index contributed by atoms with van der Waals surface area (Å²) in [6.45, 7) is 0. The van der Waals surface area contributed by atoms with Gasteiger partial charge in [0.2, 0.25) is 11.8 Å². The zero-order valence-corrected chi connectivity index (χ0v) is 15.5. The van der Waals surface area contributed by atoms with Gasteiger partial charge in [-0.05, 0) is 30.4 Å². The van der Waals surface area contributed by atoms with Gasteiger partial charge in [-0.15, -0.1) is 11.8 Å². The van der Waals surface area contributed by atoms with Crippen LogP contribution in [0.1, 0.15) is 32.1 Å². The number of hydrogen-bond donors (Lipinski definition) is 2. The summed E-state index contributed by atoms with van der Waals surface area (Å²) in [6.07, 6.45) is 5.18. The Morgan fingerprint density at radius 2 is 1.76 bits per heavy atom. The number of rotatable bonds is 4. The summed E-state index contributed by atoms with van der Waals surface area (Å²) in [7, 11) is 0. The highest BCUT2D eigenvalue weighted by Gasteiger charge is 2.21. The van der Waals surface area contributed by atoms with Gasteiger partial charge in [0.25, 0.3) is 0 Å². The van der Waals surface area contributed by atoms with Crippen molar-refractivity contribution in [1.82, 2.24) is 10.9 Å². The van der Waals surface area contributed by atoms with E-state index in [1.807, 2.05) is 36.4 Å². The molecule has 0 atom stereocenters. The first-order chi connectivity index (χ1) is 12.1.